The molecule has 5 nitrogen and oxygen atoms in total. The van der Waals surface area contributed by atoms with Gasteiger partial charge in [0.1, 0.15) is 0 Å². The van der Waals surface area contributed by atoms with Gasteiger partial charge in [0.25, 0.3) is 0 Å². The SMILES string of the molecule is CCO[C@@]12CCC(=O)C3Oc4c(O)ccc5c4[C@@]31CCN(CC1CC1)[C@@H]2C5. The minimum absolute atomic E-state index is 0.162. The molecule has 2 saturated carbocycles. The highest BCUT2D eigenvalue weighted by atomic mass is 16.5. The van der Waals surface area contributed by atoms with Crippen LogP contribution in [0.2, 0.25) is 0 Å². The Morgan fingerprint density at radius 3 is 2.96 bits per heavy atom. The monoisotopic (exact) mass is 369 g/mol. The summed E-state index contributed by atoms with van der Waals surface area (Å²) in [5.74, 6) is 1.71. The Hall–Kier alpha value is -1.59. The van der Waals surface area contributed by atoms with E-state index in [4.69, 9.17) is 9.47 Å². The number of ether oxygens (including phenoxy) is 2. The summed E-state index contributed by atoms with van der Waals surface area (Å²) in [5.41, 5.74) is 1.49. The van der Waals surface area contributed by atoms with Gasteiger partial charge in [0, 0.05) is 31.2 Å². The molecule has 1 N–H and O–H groups in total. The zero-order chi connectivity index (χ0) is 18.4. The lowest BCUT2D eigenvalue weighted by Gasteiger charge is -2.64. The molecular weight excluding hydrogens is 342 g/mol. The lowest BCUT2D eigenvalue weighted by molar-refractivity contribution is -0.211. The number of rotatable bonds is 4. The van der Waals surface area contributed by atoms with Crippen molar-refractivity contribution in [1.82, 2.24) is 4.90 Å². The van der Waals surface area contributed by atoms with Crippen LogP contribution in [0.5, 0.6) is 11.5 Å². The number of carbonyl (C=O) groups is 1. The van der Waals surface area contributed by atoms with Crippen LogP contribution in [0.1, 0.15) is 50.2 Å². The Bertz CT molecular complexity index is 834. The van der Waals surface area contributed by atoms with Gasteiger partial charge < -0.3 is 14.6 Å². The first-order valence-electron chi connectivity index (χ1n) is 10.5. The van der Waals surface area contributed by atoms with Crippen LogP contribution >= 0.6 is 0 Å². The fraction of sp³-hybridized carbons (Fsp3) is 0.682. The predicted molar refractivity (Wildman–Crippen MR) is 99.2 cm³/mol. The molecule has 1 aromatic rings. The molecule has 0 amide bonds. The van der Waals surface area contributed by atoms with Gasteiger partial charge in [0.2, 0.25) is 0 Å². The minimum atomic E-state index is -0.509. The lowest BCUT2D eigenvalue weighted by Crippen LogP contribution is -2.77. The zero-order valence-electron chi connectivity index (χ0n) is 15.9. The fourth-order valence-electron chi connectivity index (χ4n) is 6.79. The van der Waals surface area contributed by atoms with E-state index in [0.717, 1.165) is 43.8 Å². The van der Waals surface area contributed by atoms with Crippen LogP contribution in [0.4, 0.5) is 0 Å². The number of benzene rings is 1. The molecule has 5 heteroatoms. The third-order valence-corrected chi connectivity index (χ3v) is 7.92. The summed E-state index contributed by atoms with van der Waals surface area (Å²) in [4.78, 5) is 15.6. The number of hydrogen-bond acceptors (Lipinski definition) is 5. The van der Waals surface area contributed by atoms with Gasteiger partial charge >= 0.3 is 0 Å². The number of hydrogen-bond donors (Lipinski definition) is 1. The van der Waals surface area contributed by atoms with Crippen LogP contribution in [0.15, 0.2) is 12.1 Å². The van der Waals surface area contributed by atoms with Crippen LogP contribution in [-0.4, -0.2) is 53.2 Å². The van der Waals surface area contributed by atoms with Crippen LogP contribution < -0.4 is 4.74 Å². The number of phenolic OH excluding ortho intramolecular Hbond substituents is 1. The molecule has 1 aromatic carbocycles. The van der Waals surface area contributed by atoms with Crippen molar-refractivity contribution >= 4 is 5.78 Å². The second-order valence-corrected chi connectivity index (χ2v) is 9.11. The summed E-state index contributed by atoms with van der Waals surface area (Å²) < 4.78 is 12.9. The van der Waals surface area contributed by atoms with Gasteiger partial charge in [-0.2, -0.15) is 0 Å². The van der Waals surface area contributed by atoms with Gasteiger partial charge in [-0.05, 0) is 63.1 Å². The average Bonchev–Trinajstić information content (AvgIpc) is 3.39. The van der Waals surface area contributed by atoms with Crippen molar-refractivity contribution in [2.45, 2.75) is 68.6 Å². The Morgan fingerprint density at radius 2 is 2.19 bits per heavy atom. The maximum Gasteiger partial charge on any atom is 0.174 e. The fourth-order valence-corrected chi connectivity index (χ4v) is 6.79. The van der Waals surface area contributed by atoms with Crippen molar-refractivity contribution in [2.75, 3.05) is 19.7 Å². The highest BCUT2D eigenvalue weighted by Crippen LogP contribution is 2.66. The Morgan fingerprint density at radius 1 is 1.33 bits per heavy atom. The van der Waals surface area contributed by atoms with Crippen molar-refractivity contribution in [3.05, 3.63) is 23.3 Å². The predicted octanol–water partition coefficient (Wildman–Crippen LogP) is 2.57. The number of carbonyl (C=O) groups excluding carboxylic acids is 1. The number of Topliss-reactive ketones (excluding diaryl/α,β-unsaturated/α-hetero) is 1. The Labute approximate surface area is 159 Å². The smallest absolute Gasteiger partial charge is 0.174 e. The lowest BCUT2D eigenvalue weighted by atomic mass is 9.48. The molecule has 3 fully saturated rings. The Balaban J connectivity index is 1.59. The van der Waals surface area contributed by atoms with Crippen molar-refractivity contribution in [3.63, 3.8) is 0 Å². The van der Waals surface area contributed by atoms with E-state index in [0.29, 0.717) is 18.8 Å². The molecule has 1 spiro atoms. The van der Waals surface area contributed by atoms with Gasteiger partial charge in [-0.1, -0.05) is 6.07 Å². The number of ketones is 1. The largest absolute Gasteiger partial charge is 0.504 e. The van der Waals surface area contributed by atoms with E-state index >= 15 is 0 Å². The summed E-state index contributed by atoms with van der Waals surface area (Å²) in [6.45, 7) is 4.83. The molecular formula is C22H27NO4. The molecule has 4 atom stereocenters. The minimum Gasteiger partial charge on any atom is -0.504 e. The molecule has 2 aliphatic heterocycles. The van der Waals surface area contributed by atoms with Crippen LogP contribution in [0.25, 0.3) is 0 Å². The van der Waals surface area contributed by atoms with Gasteiger partial charge in [0.05, 0.1) is 11.0 Å². The van der Waals surface area contributed by atoms with Crippen molar-refractivity contribution in [1.29, 1.82) is 0 Å². The highest BCUT2D eigenvalue weighted by molar-refractivity contribution is 5.90. The van der Waals surface area contributed by atoms with E-state index in [1.165, 1.54) is 18.4 Å². The third-order valence-electron chi connectivity index (χ3n) is 7.92. The van der Waals surface area contributed by atoms with Crippen LogP contribution in [0.3, 0.4) is 0 Å². The summed E-state index contributed by atoms with van der Waals surface area (Å²) in [6, 6.07) is 4.07. The van der Waals surface area contributed by atoms with Crippen molar-refractivity contribution in [3.8, 4) is 11.5 Å². The van der Waals surface area contributed by atoms with Crippen LogP contribution in [0, 0.1) is 5.92 Å². The normalized spacial score (nSPS) is 39.2. The summed E-state index contributed by atoms with van der Waals surface area (Å²) in [7, 11) is 0. The van der Waals surface area contributed by atoms with E-state index in [9.17, 15) is 9.90 Å². The number of phenols is 1. The van der Waals surface area contributed by atoms with Crippen LogP contribution in [-0.2, 0) is 21.4 Å². The first-order valence-corrected chi connectivity index (χ1v) is 10.5. The molecule has 1 saturated heterocycles. The van der Waals surface area contributed by atoms with Gasteiger partial charge in [-0.15, -0.1) is 0 Å². The standard InChI is InChI=1S/C22H27NO4/c1-2-26-22-8-7-16(25)20-21(22)9-10-23(12-13-3-4-13)17(22)11-14-5-6-15(24)19(27-20)18(14)21/h5-6,13,17,20,24H,2-4,7-12H2,1H3/t17-,20?,21+,22-/m1/s1. The first-order chi connectivity index (χ1) is 13.1. The van der Waals surface area contributed by atoms with E-state index in [2.05, 4.69) is 11.8 Å². The molecule has 27 heavy (non-hydrogen) atoms. The first kappa shape index (κ1) is 16.4. The summed E-state index contributed by atoms with van der Waals surface area (Å²) in [6.07, 6.45) is 5.23. The van der Waals surface area contributed by atoms with E-state index in [1.807, 2.05) is 6.07 Å². The molecule has 3 aliphatic carbocycles. The number of piperidine rings is 1. The molecule has 144 valence electrons. The van der Waals surface area contributed by atoms with E-state index in [1.54, 1.807) is 6.07 Å². The third kappa shape index (κ3) is 1.85. The van der Waals surface area contributed by atoms with E-state index < -0.39 is 11.5 Å². The number of likely N-dealkylation sites (tertiary alicyclic amines) is 1. The van der Waals surface area contributed by atoms with Crippen molar-refractivity contribution in [2.24, 2.45) is 5.92 Å². The maximum atomic E-state index is 13.0. The molecule has 0 aromatic heterocycles. The summed E-state index contributed by atoms with van der Waals surface area (Å²) in [5, 5.41) is 10.5. The maximum absolute atomic E-state index is 13.0. The van der Waals surface area contributed by atoms with Crippen molar-refractivity contribution < 1.29 is 19.4 Å². The number of aromatic hydroxyl groups is 1. The zero-order valence-corrected chi connectivity index (χ0v) is 15.9. The molecule has 2 heterocycles. The number of nitrogens with zero attached hydrogens (tertiary/aromatic N) is 1. The average molecular weight is 369 g/mol. The summed E-state index contributed by atoms with van der Waals surface area (Å²) >= 11 is 0. The second kappa shape index (κ2) is 5.26. The van der Waals surface area contributed by atoms with Gasteiger partial charge in [0.15, 0.2) is 23.4 Å². The molecule has 1 unspecified atom stereocenters. The molecule has 5 aliphatic rings. The van der Waals surface area contributed by atoms with E-state index in [-0.39, 0.29) is 23.2 Å². The molecule has 6 rings (SSSR count). The highest BCUT2D eigenvalue weighted by Gasteiger charge is 2.74. The molecule has 0 radical (unpaired) electrons. The Kier molecular flexibility index (Phi) is 3.19. The van der Waals surface area contributed by atoms with Gasteiger partial charge in [-0.3, -0.25) is 9.69 Å². The quantitative estimate of drug-likeness (QED) is 0.884. The second-order valence-electron chi connectivity index (χ2n) is 9.11. The molecule has 2 bridgehead atoms. The topological polar surface area (TPSA) is 59.0 Å². The van der Waals surface area contributed by atoms with Gasteiger partial charge in [-0.25, -0.2) is 0 Å².